The second-order valence-corrected chi connectivity index (χ2v) is 15.0. The first kappa shape index (κ1) is 31.5. The first-order chi connectivity index (χ1) is 24.7. The van der Waals surface area contributed by atoms with Crippen LogP contribution in [0.3, 0.4) is 0 Å². The van der Waals surface area contributed by atoms with Gasteiger partial charge in [-0.05, 0) is 194 Å². The monoisotopic (exact) mass is 656 g/mol. The van der Waals surface area contributed by atoms with Gasteiger partial charge in [-0.2, -0.15) is 0 Å². The van der Waals surface area contributed by atoms with Gasteiger partial charge in [0.15, 0.2) is 0 Å². The Balaban J connectivity index is 1.55. The number of benzene rings is 8. The van der Waals surface area contributed by atoms with Crippen LogP contribution < -0.4 is 0 Å². The maximum atomic E-state index is 2.42. The van der Waals surface area contributed by atoms with E-state index in [1.54, 1.807) is 0 Å². The number of fused-ring (bicyclic) bond motifs is 6. The molecule has 0 saturated carbocycles. The summed E-state index contributed by atoms with van der Waals surface area (Å²) in [5, 5.41) is 8.18. The molecule has 0 heterocycles. The van der Waals surface area contributed by atoms with E-state index in [-0.39, 0.29) is 0 Å². The Hall–Kier alpha value is -5.46. The van der Waals surface area contributed by atoms with Crippen LogP contribution in [-0.4, -0.2) is 0 Å². The van der Waals surface area contributed by atoms with Crippen LogP contribution in [0.25, 0.3) is 76.8 Å². The van der Waals surface area contributed by atoms with E-state index in [4.69, 9.17) is 0 Å². The molecule has 0 amide bonds. The third kappa shape index (κ3) is 4.39. The summed E-state index contributed by atoms with van der Waals surface area (Å²) in [7, 11) is 0. The highest BCUT2D eigenvalue weighted by Crippen LogP contribution is 2.54. The Morgan fingerprint density at radius 1 is 0.294 bits per heavy atom. The molecule has 8 aromatic carbocycles. The lowest BCUT2D eigenvalue weighted by molar-refractivity contribution is 1.24. The van der Waals surface area contributed by atoms with Gasteiger partial charge in [-0.15, -0.1) is 0 Å². The lowest BCUT2D eigenvalue weighted by Crippen LogP contribution is -2.04. The average molecular weight is 657 g/mol. The summed E-state index contributed by atoms with van der Waals surface area (Å²) < 4.78 is 0. The van der Waals surface area contributed by atoms with Crippen molar-refractivity contribution in [3.63, 3.8) is 0 Å². The number of aryl methyl sites for hydroxylation is 4. The van der Waals surface area contributed by atoms with Gasteiger partial charge in [0.1, 0.15) is 0 Å². The van der Waals surface area contributed by atoms with Crippen molar-refractivity contribution in [2.75, 3.05) is 0 Å². The van der Waals surface area contributed by atoms with E-state index in [2.05, 4.69) is 165 Å². The SMILES string of the molecule is Cc1c(C)c(C)c2c(-c3ccc(-c4ccccc4)c4ccccc34)c3c(C)c(C)c(C)c(C)c3c(-c3cccc4c3-c3ccccc3C4)c2c1C. The summed E-state index contributed by atoms with van der Waals surface area (Å²) in [5.74, 6) is 0. The van der Waals surface area contributed by atoms with Crippen LogP contribution in [0.15, 0.2) is 109 Å². The van der Waals surface area contributed by atoms with Gasteiger partial charge in [0.2, 0.25) is 0 Å². The molecule has 0 bridgehead atoms. The highest BCUT2D eigenvalue weighted by Gasteiger charge is 2.29. The number of rotatable bonds is 3. The number of hydrogen-bond donors (Lipinski definition) is 0. The molecule has 0 aliphatic heterocycles. The molecule has 1 aliphatic carbocycles. The summed E-state index contributed by atoms with van der Waals surface area (Å²) in [4.78, 5) is 0. The van der Waals surface area contributed by atoms with Crippen LogP contribution in [0.4, 0.5) is 0 Å². The van der Waals surface area contributed by atoms with Crippen LogP contribution >= 0.6 is 0 Å². The maximum absolute atomic E-state index is 2.42. The minimum absolute atomic E-state index is 0.985. The second-order valence-electron chi connectivity index (χ2n) is 15.0. The largest absolute Gasteiger partial charge is 0.0622 e. The lowest BCUT2D eigenvalue weighted by atomic mass is 9.75. The highest BCUT2D eigenvalue weighted by molar-refractivity contribution is 6.28. The van der Waals surface area contributed by atoms with E-state index in [9.17, 15) is 0 Å². The van der Waals surface area contributed by atoms with Gasteiger partial charge in [0.25, 0.3) is 0 Å². The van der Waals surface area contributed by atoms with Gasteiger partial charge in [-0.1, -0.05) is 109 Å². The minimum atomic E-state index is 0.985. The molecule has 0 nitrogen and oxygen atoms in total. The zero-order chi connectivity index (χ0) is 35.3. The first-order valence-electron chi connectivity index (χ1n) is 18.4. The van der Waals surface area contributed by atoms with Crippen molar-refractivity contribution >= 4 is 32.3 Å². The Labute approximate surface area is 302 Å². The fraction of sp³-hybridized carbons (Fsp3) is 0.176. The molecule has 0 unspecified atom stereocenters. The normalized spacial score (nSPS) is 12.2. The highest BCUT2D eigenvalue weighted by atomic mass is 14.3. The summed E-state index contributed by atoms with van der Waals surface area (Å²) in [5.41, 5.74) is 24.7. The summed E-state index contributed by atoms with van der Waals surface area (Å²) in [6, 6.07) is 40.8. The molecule has 1 aliphatic rings. The van der Waals surface area contributed by atoms with Crippen LogP contribution in [0.1, 0.15) is 55.6 Å². The van der Waals surface area contributed by atoms with Gasteiger partial charge in [0.05, 0.1) is 0 Å². The van der Waals surface area contributed by atoms with E-state index in [1.165, 1.54) is 132 Å². The fourth-order valence-corrected chi connectivity index (χ4v) is 9.45. The first-order valence-corrected chi connectivity index (χ1v) is 18.4. The molecule has 51 heavy (non-hydrogen) atoms. The van der Waals surface area contributed by atoms with E-state index >= 15 is 0 Å². The van der Waals surface area contributed by atoms with Crippen LogP contribution in [0, 0.1) is 55.4 Å². The van der Waals surface area contributed by atoms with Gasteiger partial charge in [-0.25, -0.2) is 0 Å². The molecule has 9 rings (SSSR count). The van der Waals surface area contributed by atoms with E-state index in [1.807, 2.05) is 0 Å². The Bertz CT molecular complexity index is 2690. The standard InChI is InChI=1S/C51H44/c1-28-30(3)34(7)47-45(32(28)5)50(43-26-25-39(36-17-10-9-11-18-36)41-22-14-15-23-42(41)43)46-33(6)29(2)31(4)35(8)48(46)51(47)44-24-16-20-38-27-37-19-12-13-21-40(37)49(38)44/h9-26H,27H2,1-8H3. The van der Waals surface area contributed by atoms with E-state index < -0.39 is 0 Å². The molecule has 0 radical (unpaired) electrons. The smallest absolute Gasteiger partial charge is 0.00132 e. The average Bonchev–Trinajstić information content (AvgIpc) is 3.55. The zero-order valence-corrected chi connectivity index (χ0v) is 31.1. The fourth-order valence-electron chi connectivity index (χ4n) is 9.45. The lowest BCUT2D eigenvalue weighted by Gasteiger charge is -2.28. The molecule has 0 saturated heterocycles. The molecule has 0 heteroatoms. The Morgan fingerprint density at radius 3 is 1.31 bits per heavy atom. The molecular weight excluding hydrogens is 613 g/mol. The van der Waals surface area contributed by atoms with Gasteiger partial charge >= 0.3 is 0 Å². The van der Waals surface area contributed by atoms with Gasteiger partial charge < -0.3 is 0 Å². The molecule has 0 aromatic heterocycles. The molecule has 0 atom stereocenters. The third-order valence-electron chi connectivity index (χ3n) is 12.7. The summed E-state index contributed by atoms with van der Waals surface area (Å²) in [6.07, 6.45) is 0.985. The number of hydrogen-bond acceptors (Lipinski definition) is 0. The predicted molar refractivity (Wildman–Crippen MR) is 221 cm³/mol. The molecule has 8 aromatic rings. The summed E-state index contributed by atoms with van der Waals surface area (Å²) in [6.45, 7) is 18.8. The molecule has 248 valence electrons. The van der Waals surface area contributed by atoms with Crippen molar-refractivity contribution in [2.24, 2.45) is 0 Å². The van der Waals surface area contributed by atoms with Crippen LogP contribution in [0.5, 0.6) is 0 Å². The van der Waals surface area contributed by atoms with Crippen molar-refractivity contribution in [3.8, 4) is 44.5 Å². The molecule has 0 spiro atoms. The zero-order valence-electron chi connectivity index (χ0n) is 31.1. The topological polar surface area (TPSA) is 0 Å². The summed E-state index contributed by atoms with van der Waals surface area (Å²) >= 11 is 0. The van der Waals surface area contributed by atoms with Crippen molar-refractivity contribution in [1.82, 2.24) is 0 Å². The van der Waals surface area contributed by atoms with E-state index in [0.717, 1.165) is 6.42 Å². The van der Waals surface area contributed by atoms with Gasteiger partial charge in [0, 0.05) is 0 Å². The molecule has 0 fully saturated rings. The van der Waals surface area contributed by atoms with Crippen molar-refractivity contribution in [1.29, 1.82) is 0 Å². The third-order valence-corrected chi connectivity index (χ3v) is 12.7. The predicted octanol–water partition coefficient (Wildman–Crippen LogP) is 14.2. The van der Waals surface area contributed by atoms with Crippen LogP contribution in [0.2, 0.25) is 0 Å². The maximum Gasteiger partial charge on any atom is -0.00132 e. The second kappa shape index (κ2) is 11.5. The molecule has 0 N–H and O–H groups in total. The van der Waals surface area contributed by atoms with Gasteiger partial charge in [-0.3, -0.25) is 0 Å². The van der Waals surface area contributed by atoms with Crippen molar-refractivity contribution < 1.29 is 0 Å². The Morgan fingerprint density at radius 2 is 0.725 bits per heavy atom. The van der Waals surface area contributed by atoms with Crippen LogP contribution in [-0.2, 0) is 6.42 Å². The Kier molecular flexibility index (Phi) is 7.13. The quantitative estimate of drug-likeness (QED) is 0.166. The minimum Gasteiger partial charge on any atom is -0.0622 e. The molecular formula is C51H44. The van der Waals surface area contributed by atoms with Crippen molar-refractivity contribution in [3.05, 3.63) is 165 Å². The van der Waals surface area contributed by atoms with E-state index in [0.29, 0.717) is 0 Å². The van der Waals surface area contributed by atoms with Crippen molar-refractivity contribution in [2.45, 2.75) is 61.8 Å².